The first-order chi connectivity index (χ1) is 10.2. The lowest BCUT2D eigenvalue weighted by molar-refractivity contribution is 0.318. The molecule has 0 radical (unpaired) electrons. The fraction of sp³-hybridized carbons (Fsp3) is 0.154. The number of amidine groups is 1. The number of benzene rings is 1. The summed E-state index contributed by atoms with van der Waals surface area (Å²) in [5.41, 5.74) is 5.64. The summed E-state index contributed by atoms with van der Waals surface area (Å²) in [5, 5.41) is 11.4. The van der Waals surface area contributed by atoms with E-state index in [-0.39, 0.29) is 17.4 Å². The zero-order chi connectivity index (χ0) is 15.2. The van der Waals surface area contributed by atoms with Crippen molar-refractivity contribution in [1.29, 1.82) is 0 Å². The van der Waals surface area contributed by atoms with Gasteiger partial charge in [-0.25, -0.2) is 9.97 Å². The van der Waals surface area contributed by atoms with E-state index < -0.39 is 0 Å². The summed E-state index contributed by atoms with van der Waals surface area (Å²) in [4.78, 5) is 7.98. The van der Waals surface area contributed by atoms with Crippen LogP contribution >= 0.6 is 0 Å². The van der Waals surface area contributed by atoms with Gasteiger partial charge in [-0.05, 0) is 0 Å². The standard InChI is InChI=1S/C13H14N4O4/c1-19-8-3-9(20-2)5-10(4-8)21-12-7-15-11(6-16-12)13(14)17-18/h3-7,18H,1-2H3,(H2,14,17). The summed E-state index contributed by atoms with van der Waals surface area (Å²) in [7, 11) is 3.09. The van der Waals surface area contributed by atoms with Crippen molar-refractivity contribution in [1.82, 2.24) is 9.97 Å². The first-order valence-corrected chi connectivity index (χ1v) is 5.87. The lowest BCUT2D eigenvalue weighted by atomic mass is 10.3. The summed E-state index contributed by atoms with van der Waals surface area (Å²) in [6.45, 7) is 0. The Morgan fingerprint density at radius 3 is 2.14 bits per heavy atom. The van der Waals surface area contributed by atoms with Crippen LogP contribution in [0.2, 0.25) is 0 Å². The molecule has 0 spiro atoms. The van der Waals surface area contributed by atoms with Gasteiger partial charge in [-0.3, -0.25) is 0 Å². The van der Waals surface area contributed by atoms with Crippen LogP contribution in [0.15, 0.2) is 35.7 Å². The zero-order valence-electron chi connectivity index (χ0n) is 11.5. The van der Waals surface area contributed by atoms with E-state index in [0.29, 0.717) is 17.2 Å². The predicted molar refractivity (Wildman–Crippen MR) is 74.2 cm³/mol. The van der Waals surface area contributed by atoms with Crippen molar-refractivity contribution in [3.63, 3.8) is 0 Å². The lowest BCUT2D eigenvalue weighted by Crippen LogP contribution is -2.15. The average molecular weight is 290 g/mol. The molecular weight excluding hydrogens is 276 g/mol. The molecule has 0 fully saturated rings. The average Bonchev–Trinajstić information content (AvgIpc) is 2.54. The van der Waals surface area contributed by atoms with Gasteiger partial charge < -0.3 is 25.2 Å². The Balaban J connectivity index is 2.21. The summed E-state index contributed by atoms with van der Waals surface area (Å²) in [6.07, 6.45) is 2.70. The second-order valence-corrected chi connectivity index (χ2v) is 3.88. The molecule has 0 atom stereocenters. The molecule has 110 valence electrons. The molecule has 21 heavy (non-hydrogen) atoms. The first kappa shape index (κ1) is 14.4. The van der Waals surface area contributed by atoms with Crippen molar-refractivity contribution >= 4 is 5.84 Å². The van der Waals surface area contributed by atoms with Crippen molar-refractivity contribution in [3.8, 4) is 23.1 Å². The Hall–Kier alpha value is -3.03. The monoisotopic (exact) mass is 290 g/mol. The third-order valence-electron chi connectivity index (χ3n) is 2.55. The largest absolute Gasteiger partial charge is 0.496 e. The second kappa shape index (κ2) is 6.42. The highest BCUT2D eigenvalue weighted by Gasteiger charge is 2.07. The molecule has 1 heterocycles. The number of nitrogens with zero attached hydrogens (tertiary/aromatic N) is 3. The minimum absolute atomic E-state index is 0.128. The number of hydrogen-bond acceptors (Lipinski definition) is 7. The van der Waals surface area contributed by atoms with Crippen LogP contribution in [-0.4, -0.2) is 35.2 Å². The van der Waals surface area contributed by atoms with Gasteiger partial charge in [0.25, 0.3) is 0 Å². The van der Waals surface area contributed by atoms with E-state index in [1.807, 2.05) is 0 Å². The molecule has 0 aliphatic carbocycles. The Kier molecular flexibility index (Phi) is 4.39. The number of ether oxygens (including phenoxy) is 3. The fourth-order valence-corrected chi connectivity index (χ4v) is 1.51. The minimum Gasteiger partial charge on any atom is -0.496 e. The molecule has 0 aliphatic heterocycles. The Morgan fingerprint density at radius 1 is 1.05 bits per heavy atom. The summed E-state index contributed by atoms with van der Waals surface area (Å²) in [6, 6.07) is 5.09. The van der Waals surface area contributed by atoms with Gasteiger partial charge in [0.2, 0.25) is 5.88 Å². The highest BCUT2D eigenvalue weighted by Crippen LogP contribution is 2.29. The zero-order valence-corrected chi connectivity index (χ0v) is 11.5. The van der Waals surface area contributed by atoms with Crippen molar-refractivity contribution < 1.29 is 19.4 Å². The molecule has 1 aromatic heterocycles. The molecule has 8 nitrogen and oxygen atoms in total. The fourth-order valence-electron chi connectivity index (χ4n) is 1.51. The van der Waals surface area contributed by atoms with E-state index in [1.54, 1.807) is 32.4 Å². The van der Waals surface area contributed by atoms with Gasteiger partial charge in [-0.15, -0.1) is 0 Å². The molecule has 3 N–H and O–H groups in total. The molecule has 1 aromatic carbocycles. The quantitative estimate of drug-likeness (QED) is 0.370. The van der Waals surface area contributed by atoms with Crippen molar-refractivity contribution in [2.75, 3.05) is 14.2 Å². The maximum absolute atomic E-state index is 8.54. The van der Waals surface area contributed by atoms with Gasteiger partial charge in [-0.2, -0.15) is 0 Å². The summed E-state index contributed by atoms with van der Waals surface area (Å²) in [5.74, 6) is 1.78. The number of nitrogens with two attached hydrogens (primary N) is 1. The molecule has 0 saturated heterocycles. The van der Waals surface area contributed by atoms with Gasteiger partial charge >= 0.3 is 0 Å². The van der Waals surface area contributed by atoms with Crippen LogP contribution in [0.5, 0.6) is 23.1 Å². The van der Waals surface area contributed by atoms with Crippen LogP contribution < -0.4 is 19.9 Å². The lowest BCUT2D eigenvalue weighted by Gasteiger charge is -2.09. The van der Waals surface area contributed by atoms with Crippen molar-refractivity contribution in [2.45, 2.75) is 0 Å². The number of hydrogen-bond donors (Lipinski definition) is 2. The van der Waals surface area contributed by atoms with Crippen LogP contribution in [0.3, 0.4) is 0 Å². The molecule has 0 aliphatic rings. The number of methoxy groups -OCH3 is 2. The maximum atomic E-state index is 8.54. The second-order valence-electron chi connectivity index (χ2n) is 3.88. The predicted octanol–water partition coefficient (Wildman–Crippen LogP) is 1.38. The third-order valence-corrected chi connectivity index (χ3v) is 2.55. The molecule has 0 bridgehead atoms. The van der Waals surface area contributed by atoms with E-state index in [1.165, 1.54) is 12.4 Å². The number of rotatable bonds is 5. The van der Waals surface area contributed by atoms with E-state index in [9.17, 15) is 0 Å². The van der Waals surface area contributed by atoms with Crippen LogP contribution in [-0.2, 0) is 0 Å². The van der Waals surface area contributed by atoms with Gasteiger partial charge in [-0.1, -0.05) is 5.16 Å². The van der Waals surface area contributed by atoms with Crippen LogP contribution in [0, 0.1) is 0 Å². The van der Waals surface area contributed by atoms with E-state index in [4.69, 9.17) is 25.2 Å². The molecular formula is C13H14N4O4. The van der Waals surface area contributed by atoms with Crippen molar-refractivity contribution in [2.24, 2.45) is 10.9 Å². The number of oxime groups is 1. The first-order valence-electron chi connectivity index (χ1n) is 5.87. The van der Waals surface area contributed by atoms with Crippen LogP contribution in [0.25, 0.3) is 0 Å². The molecule has 0 unspecified atom stereocenters. The Morgan fingerprint density at radius 2 is 1.67 bits per heavy atom. The molecule has 0 amide bonds. The van der Waals surface area contributed by atoms with E-state index in [0.717, 1.165) is 0 Å². The normalized spacial score (nSPS) is 11.0. The minimum atomic E-state index is -0.128. The van der Waals surface area contributed by atoms with E-state index >= 15 is 0 Å². The Labute approximate surface area is 120 Å². The summed E-state index contributed by atoms with van der Waals surface area (Å²) < 4.78 is 15.8. The van der Waals surface area contributed by atoms with Gasteiger partial charge in [0, 0.05) is 18.2 Å². The highest BCUT2D eigenvalue weighted by atomic mass is 16.5. The smallest absolute Gasteiger partial charge is 0.237 e. The van der Waals surface area contributed by atoms with Crippen LogP contribution in [0.1, 0.15) is 5.69 Å². The van der Waals surface area contributed by atoms with Crippen molar-refractivity contribution in [3.05, 3.63) is 36.3 Å². The molecule has 2 rings (SSSR count). The van der Waals surface area contributed by atoms with Gasteiger partial charge in [0.15, 0.2) is 5.84 Å². The van der Waals surface area contributed by atoms with Gasteiger partial charge in [0.05, 0.1) is 26.6 Å². The topological polar surface area (TPSA) is 112 Å². The summed E-state index contributed by atoms with van der Waals surface area (Å²) >= 11 is 0. The van der Waals surface area contributed by atoms with E-state index in [2.05, 4.69) is 15.1 Å². The molecule has 2 aromatic rings. The Bertz CT molecular complexity index is 621. The highest BCUT2D eigenvalue weighted by molar-refractivity contribution is 5.94. The van der Waals surface area contributed by atoms with Crippen LogP contribution in [0.4, 0.5) is 0 Å². The number of aromatic nitrogens is 2. The molecule has 0 saturated carbocycles. The SMILES string of the molecule is COc1cc(OC)cc(Oc2cnc(C(N)=NO)cn2)c1. The van der Waals surface area contributed by atoms with Gasteiger partial charge in [0.1, 0.15) is 22.9 Å². The molecule has 8 heteroatoms. The third kappa shape index (κ3) is 3.50. The maximum Gasteiger partial charge on any atom is 0.237 e.